The molecule has 1 unspecified atom stereocenters. The van der Waals surface area contributed by atoms with Gasteiger partial charge in [-0.15, -0.1) is 0 Å². The normalized spacial score (nSPS) is 14.5. The zero-order valence-corrected chi connectivity index (χ0v) is 16.2. The maximum absolute atomic E-state index is 10.5. The van der Waals surface area contributed by atoms with E-state index in [1.807, 2.05) is 31.3 Å². The van der Waals surface area contributed by atoms with E-state index in [0.29, 0.717) is 5.92 Å². The fraction of sp³-hybridized carbons (Fsp3) is 0.588. The van der Waals surface area contributed by atoms with Crippen molar-refractivity contribution in [2.45, 2.75) is 58.8 Å². The summed E-state index contributed by atoms with van der Waals surface area (Å²) in [5, 5.41) is 6.56. The zero-order valence-electron chi connectivity index (χ0n) is 14.4. The van der Waals surface area contributed by atoms with E-state index in [9.17, 15) is 4.80 Å². The second-order valence-corrected chi connectivity index (χ2v) is 12.6. The fourth-order valence-corrected chi connectivity index (χ4v) is 3.91. The largest absolute Gasteiger partial charge is 0.432 e. The van der Waals surface area contributed by atoms with Gasteiger partial charge in [0.2, 0.25) is 0 Å². The molecule has 0 saturated carbocycles. The molecule has 122 valence electrons. The maximum Gasteiger partial charge on any atom is 0.188 e. The first-order chi connectivity index (χ1) is 10.0. The first-order valence-corrected chi connectivity index (χ1v) is 11.2. The Morgan fingerprint density at radius 3 is 2.59 bits per heavy atom. The van der Waals surface area contributed by atoms with Crippen LogP contribution in [0.2, 0.25) is 23.2 Å². The van der Waals surface area contributed by atoms with Crippen LogP contribution in [0.25, 0.3) is 10.9 Å². The van der Waals surface area contributed by atoms with Gasteiger partial charge < -0.3 is 4.80 Å². The van der Waals surface area contributed by atoms with Gasteiger partial charge in [-0.3, -0.25) is 4.68 Å². The molecule has 22 heavy (non-hydrogen) atoms. The molecule has 5 heteroatoms. The molecule has 0 aliphatic rings. The van der Waals surface area contributed by atoms with Crippen LogP contribution in [0.4, 0.5) is 0 Å². The van der Waals surface area contributed by atoms with Crippen molar-refractivity contribution in [2.75, 3.05) is 0 Å². The number of halogens is 1. The number of rotatable bonds is 5. The molecule has 0 aliphatic heterocycles. The minimum atomic E-state index is -2.16. The lowest BCUT2D eigenvalue weighted by Gasteiger charge is -2.37. The predicted molar refractivity (Wildman–Crippen MR) is 97.0 cm³/mol. The molecule has 1 atom stereocenters. The molecule has 2 aromatic rings. The van der Waals surface area contributed by atoms with Crippen LogP contribution in [0.5, 0.6) is 0 Å². The number of aromatic nitrogens is 2. The van der Waals surface area contributed by atoms with Crippen molar-refractivity contribution >= 4 is 30.8 Å². The Bertz CT molecular complexity index is 673. The van der Waals surface area contributed by atoms with Gasteiger partial charge in [-0.1, -0.05) is 32.4 Å². The molecule has 0 bridgehead atoms. The van der Waals surface area contributed by atoms with Crippen molar-refractivity contribution < 1.29 is 4.80 Å². The van der Waals surface area contributed by atoms with E-state index in [1.54, 1.807) is 0 Å². The minimum Gasteiger partial charge on any atom is -0.432 e. The molecular weight excluding hydrogens is 312 g/mol. The molecule has 1 aromatic heterocycles. The van der Waals surface area contributed by atoms with Crippen molar-refractivity contribution in [3.8, 4) is 0 Å². The van der Waals surface area contributed by atoms with Gasteiger partial charge in [0.1, 0.15) is 0 Å². The summed E-state index contributed by atoms with van der Waals surface area (Å²) in [4.78, 5) is 10.5. The third-order valence-electron chi connectivity index (χ3n) is 4.96. The Morgan fingerprint density at radius 2 is 2.00 bits per heavy atom. The van der Waals surface area contributed by atoms with Gasteiger partial charge in [-0.05, 0) is 55.6 Å². The van der Waals surface area contributed by atoms with Crippen molar-refractivity contribution in [1.29, 1.82) is 0 Å². The number of hydrogen-bond acceptors (Lipinski definition) is 2. The molecule has 0 spiro atoms. The van der Waals surface area contributed by atoms with E-state index in [1.165, 1.54) is 5.69 Å². The van der Waals surface area contributed by atoms with Crippen LogP contribution in [0, 0.1) is 12.8 Å². The Balaban J connectivity index is 2.19. The SMILES string of the molecule is Cc1c2ccc(Cl)cc2nn1CC(C)CC(C)(C)[Si](C)(C)O. The van der Waals surface area contributed by atoms with E-state index in [4.69, 9.17) is 11.6 Å². The smallest absolute Gasteiger partial charge is 0.188 e. The maximum atomic E-state index is 10.5. The van der Waals surface area contributed by atoms with Crippen molar-refractivity contribution in [3.63, 3.8) is 0 Å². The lowest BCUT2D eigenvalue weighted by molar-refractivity contribution is 0.348. The first-order valence-electron chi connectivity index (χ1n) is 7.86. The number of hydrogen-bond donors (Lipinski definition) is 1. The molecule has 1 N–H and O–H groups in total. The summed E-state index contributed by atoms with van der Waals surface area (Å²) in [5.41, 5.74) is 2.13. The Labute approximate surface area is 139 Å². The zero-order chi connectivity index (χ0) is 16.7. The molecule has 1 aromatic carbocycles. The van der Waals surface area contributed by atoms with Crippen molar-refractivity contribution in [3.05, 3.63) is 28.9 Å². The molecule has 0 amide bonds. The average Bonchev–Trinajstić information content (AvgIpc) is 2.63. The predicted octanol–water partition coefficient (Wildman–Crippen LogP) is 5.00. The monoisotopic (exact) mass is 338 g/mol. The van der Waals surface area contributed by atoms with Gasteiger partial charge in [0.15, 0.2) is 8.32 Å². The lowest BCUT2D eigenvalue weighted by atomic mass is 9.98. The summed E-state index contributed by atoms with van der Waals surface area (Å²) in [5.74, 6) is 0.456. The van der Waals surface area contributed by atoms with Gasteiger partial charge in [0.25, 0.3) is 0 Å². The molecule has 0 radical (unpaired) electrons. The summed E-state index contributed by atoms with van der Waals surface area (Å²) in [6, 6.07) is 5.86. The van der Waals surface area contributed by atoms with E-state index in [-0.39, 0.29) is 5.04 Å². The van der Waals surface area contributed by atoms with E-state index in [2.05, 4.69) is 37.5 Å². The number of fused-ring (bicyclic) bond motifs is 1. The van der Waals surface area contributed by atoms with Crippen LogP contribution in [0.1, 0.15) is 32.9 Å². The lowest BCUT2D eigenvalue weighted by Crippen LogP contribution is -2.40. The first kappa shape index (κ1) is 17.5. The van der Waals surface area contributed by atoms with Crippen molar-refractivity contribution in [1.82, 2.24) is 9.78 Å². The number of nitrogens with zero attached hydrogens (tertiary/aromatic N) is 2. The molecule has 2 rings (SSSR count). The van der Waals surface area contributed by atoms with Crippen LogP contribution in [0.15, 0.2) is 18.2 Å². The summed E-state index contributed by atoms with van der Waals surface area (Å²) < 4.78 is 2.08. The van der Waals surface area contributed by atoms with E-state index in [0.717, 1.165) is 28.9 Å². The standard InChI is InChI=1S/C17H27ClN2OSi/c1-12(10-17(3,4)22(5,6)21)11-20-13(2)15-8-7-14(18)9-16(15)19-20/h7-9,12,21H,10-11H2,1-6H3. The van der Waals surface area contributed by atoms with E-state index >= 15 is 0 Å². The van der Waals surface area contributed by atoms with Gasteiger partial charge in [0, 0.05) is 22.6 Å². The number of aryl methyl sites for hydroxylation is 1. The molecule has 1 heterocycles. The average molecular weight is 339 g/mol. The van der Waals surface area contributed by atoms with Crippen LogP contribution < -0.4 is 0 Å². The van der Waals surface area contributed by atoms with Gasteiger partial charge in [0.05, 0.1) is 5.52 Å². The van der Waals surface area contributed by atoms with Crippen molar-refractivity contribution in [2.24, 2.45) is 5.92 Å². The summed E-state index contributed by atoms with van der Waals surface area (Å²) >= 11 is 6.05. The second kappa shape index (κ2) is 5.98. The minimum absolute atomic E-state index is 0.00376. The van der Waals surface area contributed by atoms with Crippen LogP contribution in [0.3, 0.4) is 0 Å². The molecule has 0 saturated heterocycles. The van der Waals surface area contributed by atoms with E-state index < -0.39 is 8.32 Å². The highest BCUT2D eigenvalue weighted by Gasteiger charge is 2.38. The van der Waals surface area contributed by atoms with Gasteiger partial charge in [-0.2, -0.15) is 5.10 Å². The molecule has 0 fully saturated rings. The number of benzene rings is 1. The Hall–Kier alpha value is -0.843. The second-order valence-electron chi connectivity index (χ2n) is 7.68. The summed E-state index contributed by atoms with van der Waals surface area (Å²) in [7, 11) is -2.16. The van der Waals surface area contributed by atoms with Crippen LogP contribution in [-0.2, 0) is 6.54 Å². The van der Waals surface area contributed by atoms with Gasteiger partial charge >= 0.3 is 0 Å². The fourth-order valence-electron chi connectivity index (χ4n) is 2.90. The molecular formula is C17H27ClN2OSi. The highest BCUT2D eigenvalue weighted by molar-refractivity contribution is 6.72. The van der Waals surface area contributed by atoms with Crippen LogP contribution in [-0.4, -0.2) is 22.9 Å². The quantitative estimate of drug-likeness (QED) is 0.779. The van der Waals surface area contributed by atoms with Gasteiger partial charge in [-0.25, -0.2) is 0 Å². The third-order valence-corrected chi connectivity index (χ3v) is 8.72. The van der Waals surface area contributed by atoms with Crippen LogP contribution >= 0.6 is 11.6 Å². The Kier molecular flexibility index (Phi) is 4.76. The molecule has 0 aliphatic carbocycles. The Morgan fingerprint density at radius 1 is 1.36 bits per heavy atom. The third kappa shape index (κ3) is 3.55. The molecule has 3 nitrogen and oxygen atoms in total. The topological polar surface area (TPSA) is 38.0 Å². The summed E-state index contributed by atoms with van der Waals surface area (Å²) in [6.45, 7) is 13.6. The highest BCUT2D eigenvalue weighted by Crippen LogP contribution is 2.41. The highest BCUT2D eigenvalue weighted by atomic mass is 35.5. The summed E-state index contributed by atoms with van der Waals surface area (Å²) in [6.07, 6.45) is 0.999.